The number of ether oxygens (including phenoxy) is 1. The van der Waals surface area contributed by atoms with Crippen LogP contribution in [0.2, 0.25) is 0 Å². The number of aryl methyl sites for hydroxylation is 1. The summed E-state index contributed by atoms with van der Waals surface area (Å²) in [6.45, 7) is 5.91. The first-order valence-corrected chi connectivity index (χ1v) is 9.86. The van der Waals surface area contributed by atoms with Gasteiger partial charge < -0.3 is 14.8 Å². The van der Waals surface area contributed by atoms with Crippen molar-refractivity contribution < 1.29 is 19.4 Å². The number of ketones is 1. The fourth-order valence-corrected chi connectivity index (χ4v) is 3.86. The van der Waals surface area contributed by atoms with E-state index in [0.29, 0.717) is 12.3 Å². The number of hydrogen-bond donors (Lipinski definition) is 2. The molecule has 3 aromatic rings. The minimum absolute atomic E-state index is 0.0926. The van der Waals surface area contributed by atoms with E-state index in [1.165, 1.54) is 11.8 Å². The van der Waals surface area contributed by atoms with E-state index >= 15 is 0 Å². The molecule has 0 aliphatic carbocycles. The highest BCUT2D eigenvalue weighted by molar-refractivity contribution is 6.16. The number of amides is 1. The lowest BCUT2D eigenvalue weighted by Gasteiger charge is -2.28. The quantitative estimate of drug-likeness (QED) is 0.642. The van der Waals surface area contributed by atoms with Crippen LogP contribution in [0.1, 0.15) is 37.4 Å². The molecule has 4 rings (SSSR count). The van der Waals surface area contributed by atoms with Crippen LogP contribution in [0.3, 0.4) is 0 Å². The number of H-pyrrole nitrogens is 1. The van der Waals surface area contributed by atoms with Crippen LogP contribution in [0, 0.1) is 6.92 Å². The molecular weight excluding hydrogens is 382 g/mol. The molecule has 7 heteroatoms. The zero-order chi connectivity index (χ0) is 21.4. The number of hydrogen-bond acceptors (Lipinski definition) is 5. The summed E-state index contributed by atoms with van der Waals surface area (Å²) in [6.07, 6.45) is 2.47. The van der Waals surface area contributed by atoms with Crippen LogP contribution in [0.15, 0.2) is 54.1 Å². The third-order valence-electron chi connectivity index (χ3n) is 5.28. The fraction of sp³-hybridized carbons (Fsp3) is 0.261. The highest BCUT2D eigenvalue weighted by atomic mass is 16.5. The second kappa shape index (κ2) is 7.67. The number of fused-ring (bicyclic) bond motifs is 1. The van der Waals surface area contributed by atoms with Gasteiger partial charge in [0, 0.05) is 5.69 Å². The Labute approximate surface area is 174 Å². The summed E-state index contributed by atoms with van der Waals surface area (Å²) in [5, 5.41) is 10.5. The molecule has 154 valence electrons. The van der Waals surface area contributed by atoms with Gasteiger partial charge in [-0.25, -0.2) is 4.98 Å². The summed E-state index contributed by atoms with van der Waals surface area (Å²) in [5.41, 5.74) is 3.80. The summed E-state index contributed by atoms with van der Waals surface area (Å²) in [6, 6.07) is 10.2. The number of nitrogens with one attached hydrogen (secondary N) is 1. The first kappa shape index (κ1) is 19.7. The molecule has 2 aromatic carbocycles. The standard InChI is InChI=1S/C23H23N3O4/c1-4-9-30-16-6-7-17(13(2)10-16)21-20(14(3)27)22(28)23(29)26(21)15-5-8-18-19(11-15)25-12-24-18/h5-8,10-12,21,28H,4,9H2,1-3H3,(H,24,25). The van der Waals surface area contributed by atoms with E-state index in [4.69, 9.17) is 4.74 Å². The molecule has 2 heterocycles. The number of Topliss-reactive ketones (excluding diaryl/α,β-unsaturated/α-hetero) is 1. The Bertz CT molecular complexity index is 1180. The van der Waals surface area contributed by atoms with Crippen molar-refractivity contribution in [2.45, 2.75) is 33.2 Å². The van der Waals surface area contributed by atoms with Crippen LogP contribution in [0.5, 0.6) is 5.75 Å². The molecule has 0 radical (unpaired) electrons. The van der Waals surface area contributed by atoms with Gasteiger partial charge in [-0.3, -0.25) is 14.5 Å². The Kier molecular flexibility index (Phi) is 5.03. The maximum Gasteiger partial charge on any atom is 0.294 e. The molecule has 1 amide bonds. The van der Waals surface area contributed by atoms with Crippen LogP contribution in [-0.2, 0) is 9.59 Å². The van der Waals surface area contributed by atoms with Crippen LogP contribution in [0.25, 0.3) is 11.0 Å². The van der Waals surface area contributed by atoms with Crippen molar-refractivity contribution in [1.29, 1.82) is 0 Å². The molecule has 0 bridgehead atoms. The van der Waals surface area contributed by atoms with Crippen molar-refractivity contribution >= 4 is 28.4 Å². The number of rotatable bonds is 6. The van der Waals surface area contributed by atoms with Crippen molar-refractivity contribution in [2.24, 2.45) is 0 Å². The highest BCUT2D eigenvalue weighted by Crippen LogP contribution is 2.42. The lowest BCUT2D eigenvalue weighted by atomic mass is 9.93. The summed E-state index contributed by atoms with van der Waals surface area (Å²) in [7, 11) is 0. The molecule has 0 fully saturated rings. The summed E-state index contributed by atoms with van der Waals surface area (Å²) < 4.78 is 5.70. The molecule has 1 atom stereocenters. The lowest BCUT2D eigenvalue weighted by molar-refractivity contribution is -0.117. The van der Waals surface area contributed by atoms with E-state index in [2.05, 4.69) is 9.97 Å². The van der Waals surface area contributed by atoms with Gasteiger partial charge in [-0.2, -0.15) is 0 Å². The molecule has 2 N–H and O–H groups in total. The number of aromatic nitrogens is 2. The van der Waals surface area contributed by atoms with Crippen LogP contribution in [0.4, 0.5) is 5.69 Å². The highest BCUT2D eigenvalue weighted by Gasteiger charge is 2.43. The van der Waals surface area contributed by atoms with Gasteiger partial charge in [0.05, 0.1) is 35.6 Å². The van der Waals surface area contributed by atoms with Gasteiger partial charge >= 0.3 is 0 Å². The molecule has 0 saturated carbocycles. The zero-order valence-corrected chi connectivity index (χ0v) is 17.1. The monoisotopic (exact) mass is 405 g/mol. The molecule has 1 aliphatic heterocycles. The van der Waals surface area contributed by atoms with Gasteiger partial charge in [0.25, 0.3) is 5.91 Å². The smallest absolute Gasteiger partial charge is 0.294 e. The van der Waals surface area contributed by atoms with Crippen LogP contribution < -0.4 is 9.64 Å². The average Bonchev–Trinajstić information content (AvgIpc) is 3.28. The lowest BCUT2D eigenvalue weighted by Crippen LogP contribution is -2.31. The van der Waals surface area contributed by atoms with Gasteiger partial charge in [-0.1, -0.05) is 13.0 Å². The zero-order valence-electron chi connectivity index (χ0n) is 17.1. The van der Waals surface area contributed by atoms with E-state index in [-0.39, 0.29) is 11.4 Å². The average molecular weight is 405 g/mol. The number of aromatic amines is 1. The predicted molar refractivity (Wildman–Crippen MR) is 114 cm³/mol. The second-order valence-electron chi connectivity index (χ2n) is 7.37. The summed E-state index contributed by atoms with van der Waals surface area (Å²) >= 11 is 0. The molecule has 1 aromatic heterocycles. The van der Waals surface area contributed by atoms with E-state index in [1.807, 2.05) is 32.0 Å². The van der Waals surface area contributed by atoms with E-state index in [0.717, 1.165) is 34.3 Å². The minimum atomic E-state index is -0.726. The first-order chi connectivity index (χ1) is 14.4. The Morgan fingerprint density at radius 1 is 1.27 bits per heavy atom. The van der Waals surface area contributed by atoms with Crippen molar-refractivity contribution in [3.05, 3.63) is 65.2 Å². The van der Waals surface area contributed by atoms with Gasteiger partial charge in [-0.05, 0) is 61.7 Å². The Hall–Kier alpha value is -3.61. The Balaban J connectivity index is 1.83. The summed E-state index contributed by atoms with van der Waals surface area (Å²) in [4.78, 5) is 34.1. The Morgan fingerprint density at radius 3 is 2.77 bits per heavy atom. The number of carbonyl (C=O) groups is 2. The topological polar surface area (TPSA) is 95.5 Å². The maximum atomic E-state index is 13.0. The van der Waals surface area contributed by atoms with E-state index in [9.17, 15) is 14.7 Å². The number of carbonyl (C=O) groups excluding carboxylic acids is 2. The number of benzene rings is 2. The summed E-state index contributed by atoms with van der Waals surface area (Å²) in [5.74, 6) is -0.732. The minimum Gasteiger partial charge on any atom is -0.503 e. The van der Waals surface area contributed by atoms with Crippen molar-refractivity contribution in [1.82, 2.24) is 9.97 Å². The first-order valence-electron chi connectivity index (χ1n) is 9.86. The molecule has 1 unspecified atom stereocenters. The van der Waals surface area contributed by atoms with E-state index in [1.54, 1.807) is 24.5 Å². The Morgan fingerprint density at radius 2 is 2.07 bits per heavy atom. The number of nitrogens with zero attached hydrogens (tertiary/aromatic N) is 2. The fourth-order valence-electron chi connectivity index (χ4n) is 3.86. The van der Waals surface area contributed by atoms with Gasteiger partial charge in [0.15, 0.2) is 11.5 Å². The predicted octanol–water partition coefficient (Wildman–Crippen LogP) is 4.15. The largest absolute Gasteiger partial charge is 0.503 e. The second-order valence-corrected chi connectivity index (χ2v) is 7.37. The molecule has 1 aliphatic rings. The molecule has 0 spiro atoms. The van der Waals surface area contributed by atoms with Crippen LogP contribution in [-0.4, -0.2) is 33.4 Å². The molecule has 30 heavy (non-hydrogen) atoms. The van der Waals surface area contributed by atoms with Crippen molar-refractivity contribution in [3.63, 3.8) is 0 Å². The number of imidazole rings is 1. The van der Waals surface area contributed by atoms with E-state index < -0.39 is 17.7 Å². The molecular formula is C23H23N3O4. The third kappa shape index (κ3) is 3.22. The number of aliphatic hydroxyl groups excluding tert-OH is 1. The number of aliphatic hydroxyl groups is 1. The van der Waals surface area contributed by atoms with Crippen molar-refractivity contribution in [3.8, 4) is 5.75 Å². The number of anilines is 1. The normalized spacial score (nSPS) is 16.6. The van der Waals surface area contributed by atoms with Crippen molar-refractivity contribution in [2.75, 3.05) is 11.5 Å². The molecule has 7 nitrogen and oxygen atoms in total. The van der Waals surface area contributed by atoms with Crippen LogP contribution >= 0.6 is 0 Å². The van der Waals surface area contributed by atoms with Gasteiger partial charge in [0.1, 0.15) is 5.75 Å². The SMILES string of the molecule is CCCOc1ccc(C2C(C(C)=O)=C(O)C(=O)N2c2ccc3nc[nH]c3c2)c(C)c1. The molecule has 0 saturated heterocycles. The third-order valence-corrected chi connectivity index (χ3v) is 5.28. The maximum absolute atomic E-state index is 13.0. The van der Waals surface area contributed by atoms with Gasteiger partial charge in [-0.15, -0.1) is 0 Å². The van der Waals surface area contributed by atoms with Gasteiger partial charge in [0.2, 0.25) is 0 Å².